The van der Waals surface area contributed by atoms with Gasteiger partial charge in [-0.05, 0) is 22.8 Å². The zero-order valence-corrected chi connectivity index (χ0v) is 8.73. The van der Waals surface area contributed by atoms with Gasteiger partial charge in [-0.15, -0.1) is 0 Å². The highest BCUT2D eigenvalue weighted by Gasteiger charge is 2.08. The summed E-state index contributed by atoms with van der Waals surface area (Å²) in [6.45, 7) is 2.00. The molecule has 1 nitrogen and oxygen atoms in total. The van der Waals surface area contributed by atoms with Gasteiger partial charge in [0.2, 0.25) is 6.29 Å². The van der Waals surface area contributed by atoms with Crippen LogP contribution in [0.5, 0.6) is 0 Å². The Bertz CT molecular complexity index is 473. The maximum atomic E-state index is 10.7. The van der Waals surface area contributed by atoms with Gasteiger partial charge in [0.1, 0.15) is 0 Å². The molecule has 0 aliphatic heterocycles. The number of rotatable bonds is 3. The van der Waals surface area contributed by atoms with Crippen LogP contribution in [0.1, 0.15) is 24.8 Å². The van der Waals surface area contributed by atoms with E-state index in [2.05, 4.69) is 30.6 Å². The first-order valence-electron chi connectivity index (χ1n) is 5.21. The normalized spacial score (nSPS) is 12.6. The van der Waals surface area contributed by atoms with E-state index in [0.717, 1.165) is 12.0 Å². The van der Waals surface area contributed by atoms with Crippen molar-refractivity contribution in [2.45, 2.75) is 19.3 Å². The average Bonchev–Trinajstić information content (AvgIpc) is 2.30. The fraction of sp³-hybridized carbons (Fsp3) is 0.214. The molecule has 1 unspecified atom stereocenters. The zero-order chi connectivity index (χ0) is 10.7. The Kier molecular flexibility index (Phi) is 2.82. The van der Waals surface area contributed by atoms with Crippen molar-refractivity contribution in [2.24, 2.45) is 0 Å². The van der Waals surface area contributed by atoms with Gasteiger partial charge in [0, 0.05) is 0 Å². The molecule has 2 aromatic rings. The minimum atomic E-state index is -0.0883. The summed E-state index contributed by atoms with van der Waals surface area (Å²) >= 11 is 0. The molecule has 0 aromatic heterocycles. The number of fused-ring (bicyclic) bond motifs is 1. The van der Waals surface area contributed by atoms with Crippen LogP contribution in [0.4, 0.5) is 0 Å². The lowest BCUT2D eigenvalue weighted by Crippen LogP contribution is -1.97. The summed E-state index contributed by atoms with van der Waals surface area (Å²) in [7, 11) is 0. The van der Waals surface area contributed by atoms with Gasteiger partial charge >= 0.3 is 0 Å². The van der Waals surface area contributed by atoms with E-state index in [1.165, 1.54) is 10.8 Å². The number of hydrogen-bond donors (Lipinski definition) is 0. The molecule has 1 heteroatoms. The van der Waals surface area contributed by atoms with Crippen LogP contribution in [-0.2, 0) is 4.79 Å². The first-order chi connectivity index (χ1) is 7.35. The second-order valence-corrected chi connectivity index (χ2v) is 3.69. The van der Waals surface area contributed by atoms with E-state index >= 15 is 0 Å². The minimum absolute atomic E-state index is 0.0883. The first-order valence-corrected chi connectivity index (χ1v) is 5.21. The van der Waals surface area contributed by atoms with Crippen molar-refractivity contribution in [3.63, 3.8) is 0 Å². The Balaban J connectivity index is 2.50. The maximum Gasteiger partial charge on any atom is 0.206 e. The SMILES string of the molecule is CCC([C]=O)c1ccc2ccccc2c1. The quantitative estimate of drug-likeness (QED) is 0.736. The van der Waals surface area contributed by atoms with Crippen molar-refractivity contribution >= 4 is 17.1 Å². The molecule has 0 aliphatic rings. The number of carbonyl (C=O) groups excluding carboxylic acids is 1. The second-order valence-electron chi connectivity index (χ2n) is 3.69. The van der Waals surface area contributed by atoms with Crippen molar-refractivity contribution in [3.05, 3.63) is 48.0 Å². The summed E-state index contributed by atoms with van der Waals surface area (Å²) in [6.07, 6.45) is 2.89. The van der Waals surface area contributed by atoms with Gasteiger partial charge in [-0.1, -0.05) is 49.4 Å². The molecular formula is C14H13O. The van der Waals surface area contributed by atoms with Crippen LogP contribution in [0.25, 0.3) is 10.8 Å². The van der Waals surface area contributed by atoms with Gasteiger partial charge in [0.25, 0.3) is 0 Å². The van der Waals surface area contributed by atoms with Gasteiger partial charge in [0.05, 0.1) is 5.92 Å². The Morgan fingerprint density at radius 1 is 1.13 bits per heavy atom. The van der Waals surface area contributed by atoms with Crippen molar-refractivity contribution in [1.29, 1.82) is 0 Å². The molecule has 15 heavy (non-hydrogen) atoms. The third-order valence-corrected chi connectivity index (χ3v) is 2.73. The van der Waals surface area contributed by atoms with Gasteiger partial charge in [-0.3, -0.25) is 4.79 Å². The van der Waals surface area contributed by atoms with E-state index in [4.69, 9.17) is 0 Å². The Morgan fingerprint density at radius 3 is 2.53 bits per heavy atom. The number of benzene rings is 2. The summed E-state index contributed by atoms with van der Waals surface area (Å²) in [5.74, 6) is -0.0883. The largest absolute Gasteiger partial charge is 0.290 e. The monoisotopic (exact) mass is 197 g/mol. The lowest BCUT2D eigenvalue weighted by atomic mass is 9.95. The predicted molar refractivity (Wildman–Crippen MR) is 62.7 cm³/mol. The molecule has 2 aromatic carbocycles. The van der Waals surface area contributed by atoms with Crippen molar-refractivity contribution in [3.8, 4) is 0 Å². The highest BCUT2D eigenvalue weighted by molar-refractivity contribution is 5.84. The van der Waals surface area contributed by atoms with Crippen LogP contribution >= 0.6 is 0 Å². The summed E-state index contributed by atoms with van der Waals surface area (Å²) < 4.78 is 0. The molecule has 2 rings (SSSR count). The summed E-state index contributed by atoms with van der Waals surface area (Å²) in [4.78, 5) is 10.7. The van der Waals surface area contributed by atoms with E-state index in [1.807, 2.05) is 25.1 Å². The Morgan fingerprint density at radius 2 is 1.87 bits per heavy atom. The Labute approximate surface area is 89.7 Å². The molecule has 1 radical (unpaired) electrons. The van der Waals surface area contributed by atoms with E-state index in [-0.39, 0.29) is 5.92 Å². The highest BCUT2D eigenvalue weighted by Crippen LogP contribution is 2.22. The van der Waals surface area contributed by atoms with Crippen molar-refractivity contribution in [2.75, 3.05) is 0 Å². The van der Waals surface area contributed by atoms with Crippen LogP contribution in [0, 0.1) is 0 Å². The predicted octanol–water partition coefficient (Wildman–Crippen LogP) is 3.44. The standard InChI is InChI=1S/C14H13O/c1-2-11(10-15)14-8-7-12-5-3-4-6-13(12)9-14/h3-9,11H,2H2,1H3. The molecule has 0 saturated heterocycles. The van der Waals surface area contributed by atoms with Gasteiger partial charge in [-0.2, -0.15) is 0 Å². The average molecular weight is 197 g/mol. The molecule has 0 amide bonds. The van der Waals surface area contributed by atoms with Gasteiger partial charge in [0.15, 0.2) is 0 Å². The molecule has 75 valence electrons. The molecule has 0 heterocycles. The van der Waals surface area contributed by atoms with E-state index in [0.29, 0.717) is 0 Å². The van der Waals surface area contributed by atoms with Crippen molar-refractivity contribution < 1.29 is 4.79 Å². The number of hydrogen-bond acceptors (Lipinski definition) is 1. The highest BCUT2D eigenvalue weighted by atomic mass is 16.1. The molecule has 0 N–H and O–H groups in total. The van der Waals surface area contributed by atoms with Crippen molar-refractivity contribution in [1.82, 2.24) is 0 Å². The van der Waals surface area contributed by atoms with Crippen LogP contribution in [0.3, 0.4) is 0 Å². The second kappa shape index (κ2) is 4.26. The molecule has 0 aliphatic carbocycles. The smallest absolute Gasteiger partial charge is 0.206 e. The van der Waals surface area contributed by atoms with Gasteiger partial charge < -0.3 is 0 Å². The van der Waals surface area contributed by atoms with E-state index in [1.54, 1.807) is 0 Å². The maximum absolute atomic E-state index is 10.7. The van der Waals surface area contributed by atoms with Crippen LogP contribution in [0.15, 0.2) is 42.5 Å². The van der Waals surface area contributed by atoms with Crippen LogP contribution in [0.2, 0.25) is 0 Å². The first kappa shape index (κ1) is 9.91. The molecule has 0 spiro atoms. The fourth-order valence-corrected chi connectivity index (χ4v) is 1.81. The Hall–Kier alpha value is -1.63. The topological polar surface area (TPSA) is 17.1 Å². The summed E-state index contributed by atoms with van der Waals surface area (Å²) in [5, 5.41) is 2.39. The minimum Gasteiger partial charge on any atom is -0.290 e. The third-order valence-electron chi connectivity index (χ3n) is 2.73. The van der Waals surface area contributed by atoms with Gasteiger partial charge in [-0.25, -0.2) is 0 Å². The molecule has 0 bridgehead atoms. The lowest BCUT2D eigenvalue weighted by molar-refractivity contribution is 0.540. The van der Waals surface area contributed by atoms with Crippen LogP contribution < -0.4 is 0 Å². The summed E-state index contributed by atoms with van der Waals surface area (Å²) in [6, 6.07) is 14.3. The third kappa shape index (κ3) is 1.91. The zero-order valence-electron chi connectivity index (χ0n) is 8.73. The molecule has 0 fully saturated rings. The molecule has 1 atom stereocenters. The van der Waals surface area contributed by atoms with E-state index in [9.17, 15) is 4.79 Å². The molecular weight excluding hydrogens is 184 g/mol. The summed E-state index contributed by atoms with van der Waals surface area (Å²) in [5.41, 5.74) is 1.06. The molecule has 0 saturated carbocycles. The fourth-order valence-electron chi connectivity index (χ4n) is 1.81. The van der Waals surface area contributed by atoms with E-state index < -0.39 is 0 Å². The lowest BCUT2D eigenvalue weighted by Gasteiger charge is -2.07. The van der Waals surface area contributed by atoms with Crippen LogP contribution in [-0.4, -0.2) is 6.29 Å².